The third-order valence-corrected chi connectivity index (χ3v) is 4.10. The van der Waals surface area contributed by atoms with Gasteiger partial charge in [0.05, 0.1) is 11.8 Å². The number of aliphatic hydroxyl groups is 1. The fourth-order valence-electron chi connectivity index (χ4n) is 2.33. The number of rotatable bonds is 3. The second-order valence-corrected chi connectivity index (χ2v) is 6.13. The molecule has 0 heterocycles. The van der Waals surface area contributed by atoms with Crippen molar-refractivity contribution in [1.29, 1.82) is 0 Å². The Kier molecular flexibility index (Phi) is 3.48. The van der Waals surface area contributed by atoms with Gasteiger partial charge in [-0.3, -0.25) is 4.72 Å². The highest BCUT2D eigenvalue weighted by molar-refractivity contribution is 7.93. The van der Waals surface area contributed by atoms with Crippen LogP contribution in [0.15, 0.2) is 12.1 Å². The van der Waals surface area contributed by atoms with Gasteiger partial charge < -0.3 is 5.11 Å². The standard InChI is InChI=1S/C11H12F3NO3S/c1-5-4-8(16)10-7(3-2-6(12)9(5)10)15-19(17,18)11(13)14/h2-3,5,8,11,15-16H,4H2,1H3. The van der Waals surface area contributed by atoms with Gasteiger partial charge in [-0.05, 0) is 30.0 Å². The highest BCUT2D eigenvalue weighted by Crippen LogP contribution is 2.45. The van der Waals surface area contributed by atoms with Crippen molar-refractivity contribution in [3.63, 3.8) is 0 Å². The predicted molar refractivity (Wildman–Crippen MR) is 62.9 cm³/mol. The van der Waals surface area contributed by atoms with E-state index in [1.165, 1.54) is 0 Å². The van der Waals surface area contributed by atoms with E-state index in [1.54, 1.807) is 11.6 Å². The smallest absolute Gasteiger partial charge is 0.355 e. The SMILES string of the molecule is CC1CC(O)c2c(NS(=O)(=O)C(F)F)ccc(F)c21. The molecule has 0 saturated carbocycles. The van der Waals surface area contributed by atoms with Gasteiger partial charge in [-0.2, -0.15) is 8.78 Å². The summed E-state index contributed by atoms with van der Waals surface area (Å²) < 4.78 is 62.2. The number of sulfonamides is 1. The molecule has 106 valence electrons. The van der Waals surface area contributed by atoms with Gasteiger partial charge in [0.25, 0.3) is 10.0 Å². The van der Waals surface area contributed by atoms with E-state index in [2.05, 4.69) is 0 Å². The number of nitrogens with one attached hydrogen (secondary N) is 1. The Balaban J connectivity index is 2.51. The van der Waals surface area contributed by atoms with E-state index in [0.717, 1.165) is 12.1 Å². The van der Waals surface area contributed by atoms with Gasteiger partial charge in [-0.1, -0.05) is 6.92 Å². The van der Waals surface area contributed by atoms with Crippen LogP contribution in [0, 0.1) is 5.82 Å². The zero-order valence-electron chi connectivity index (χ0n) is 9.90. The number of hydrogen-bond acceptors (Lipinski definition) is 3. The number of fused-ring (bicyclic) bond motifs is 1. The van der Waals surface area contributed by atoms with Gasteiger partial charge in [0, 0.05) is 5.56 Å². The first-order valence-electron chi connectivity index (χ1n) is 5.54. The molecule has 2 unspecified atom stereocenters. The molecule has 0 spiro atoms. The number of aliphatic hydroxyl groups excluding tert-OH is 1. The molecule has 1 aromatic carbocycles. The monoisotopic (exact) mass is 295 g/mol. The van der Waals surface area contributed by atoms with E-state index in [-0.39, 0.29) is 29.2 Å². The summed E-state index contributed by atoms with van der Waals surface area (Å²) in [5.41, 5.74) is 0.00670. The average molecular weight is 295 g/mol. The summed E-state index contributed by atoms with van der Waals surface area (Å²) in [7, 11) is -4.84. The lowest BCUT2D eigenvalue weighted by Crippen LogP contribution is -2.21. The van der Waals surface area contributed by atoms with Gasteiger partial charge in [-0.25, -0.2) is 12.8 Å². The molecule has 1 aliphatic carbocycles. The summed E-state index contributed by atoms with van der Waals surface area (Å²) in [6.07, 6.45) is -0.851. The Bertz CT molecular complexity index is 603. The zero-order chi connectivity index (χ0) is 14.4. The van der Waals surface area contributed by atoms with Crippen LogP contribution in [-0.2, 0) is 10.0 Å². The Morgan fingerprint density at radius 3 is 2.58 bits per heavy atom. The Labute approximate surface area is 108 Å². The average Bonchev–Trinajstić information content (AvgIpc) is 2.59. The van der Waals surface area contributed by atoms with Crippen LogP contribution in [0.25, 0.3) is 0 Å². The van der Waals surface area contributed by atoms with Crippen molar-refractivity contribution in [3.8, 4) is 0 Å². The molecular formula is C11H12F3NO3S. The normalized spacial score (nSPS) is 22.6. The molecule has 19 heavy (non-hydrogen) atoms. The van der Waals surface area contributed by atoms with Crippen LogP contribution in [0.5, 0.6) is 0 Å². The molecule has 2 atom stereocenters. The fraction of sp³-hybridized carbons (Fsp3) is 0.455. The van der Waals surface area contributed by atoms with Crippen LogP contribution in [0.4, 0.5) is 18.9 Å². The second kappa shape index (κ2) is 4.68. The highest BCUT2D eigenvalue weighted by atomic mass is 32.2. The van der Waals surface area contributed by atoms with E-state index in [0.29, 0.717) is 0 Å². The molecule has 0 saturated heterocycles. The third-order valence-electron chi connectivity index (χ3n) is 3.12. The van der Waals surface area contributed by atoms with Gasteiger partial charge in [-0.15, -0.1) is 0 Å². The summed E-state index contributed by atoms with van der Waals surface area (Å²) in [5.74, 6) is -4.48. The van der Waals surface area contributed by atoms with Crippen LogP contribution in [0.1, 0.15) is 36.5 Å². The molecule has 0 amide bonds. The number of halogens is 3. The summed E-state index contributed by atoms with van der Waals surface area (Å²) in [4.78, 5) is 0. The Morgan fingerprint density at radius 2 is 2.00 bits per heavy atom. The number of anilines is 1. The second-order valence-electron chi connectivity index (χ2n) is 4.48. The van der Waals surface area contributed by atoms with E-state index in [4.69, 9.17) is 0 Å². The lowest BCUT2D eigenvalue weighted by Gasteiger charge is -2.14. The van der Waals surface area contributed by atoms with Gasteiger partial charge in [0.1, 0.15) is 5.82 Å². The molecule has 1 aromatic rings. The van der Waals surface area contributed by atoms with Crippen LogP contribution in [-0.4, -0.2) is 19.3 Å². The summed E-state index contributed by atoms with van der Waals surface area (Å²) in [6.45, 7) is 1.67. The Hall–Kier alpha value is -1.28. The van der Waals surface area contributed by atoms with Crippen LogP contribution in [0.3, 0.4) is 0 Å². The lowest BCUT2D eigenvalue weighted by molar-refractivity contribution is 0.175. The number of benzene rings is 1. The first-order valence-corrected chi connectivity index (χ1v) is 7.08. The molecule has 1 aliphatic rings. The van der Waals surface area contributed by atoms with Gasteiger partial charge in [0.15, 0.2) is 0 Å². The molecule has 0 bridgehead atoms. The quantitative estimate of drug-likeness (QED) is 0.899. The third kappa shape index (κ3) is 2.42. The van der Waals surface area contributed by atoms with Crippen molar-refractivity contribution in [2.75, 3.05) is 4.72 Å². The predicted octanol–water partition coefficient (Wildman–Crippen LogP) is 2.33. The molecule has 0 fully saturated rings. The lowest BCUT2D eigenvalue weighted by atomic mass is 10.0. The topological polar surface area (TPSA) is 66.4 Å². The van der Waals surface area contributed by atoms with E-state index in [9.17, 15) is 26.7 Å². The van der Waals surface area contributed by atoms with Crippen molar-refractivity contribution in [1.82, 2.24) is 0 Å². The maximum atomic E-state index is 13.6. The molecule has 8 heteroatoms. The van der Waals surface area contributed by atoms with Crippen molar-refractivity contribution in [2.24, 2.45) is 0 Å². The van der Waals surface area contributed by atoms with E-state index >= 15 is 0 Å². The van der Waals surface area contributed by atoms with Crippen molar-refractivity contribution in [3.05, 3.63) is 29.1 Å². The fourth-order valence-corrected chi connectivity index (χ4v) is 2.90. The largest absolute Gasteiger partial charge is 0.388 e. The van der Waals surface area contributed by atoms with Gasteiger partial charge in [0.2, 0.25) is 0 Å². The van der Waals surface area contributed by atoms with E-state index in [1.807, 2.05) is 0 Å². The van der Waals surface area contributed by atoms with Crippen LogP contribution >= 0.6 is 0 Å². The summed E-state index contributed by atoms with van der Waals surface area (Å²) in [6, 6.07) is 2.03. The minimum Gasteiger partial charge on any atom is -0.388 e. The molecule has 0 aliphatic heterocycles. The van der Waals surface area contributed by atoms with Crippen molar-refractivity contribution < 1.29 is 26.7 Å². The molecule has 0 aromatic heterocycles. The van der Waals surface area contributed by atoms with Crippen molar-refractivity contribution in [2.45, 2.75) is 31.1 Å². The minimum absolute atomic E-state index is 0.0386. The highest BCUT2D eigenvalue weighted by Gasteiger charge is 2.34. The first kappa shape index (κ1) is 14.1. The first-order chi connectivity index (χ1) is 8.74. The molecule has 2 N–H and O–H groups in total. The van der Waals surface area contributed by atoms with E-state index < -0.39 is 27.7 Å². The summed E-state index contributed by atoms with van der Waals surface area (Å²) >= 11 is 0. The molecular weight excluding hydrogens is 283 g/mol. The van der Waals surface area contributed by atoms with Crippen LogP contribution in [0.2, 0.25) is 0 Å². The zero-order valence-corrected chi connectivity index (χ0v) is 10.7. The minimum atomic E-state index is -4.84. The summed E-state index contributed by atoms with van der Waals surface area (Å²) in [5, 5.41) is 9.80. The van der Waals surface area contributed by atoms with Crippen LogP contribution < -0.4 is 4.72 Å². The molecule has 2 rings (SSSR count). The Morgan fingerprint density at radius 1 is 1.37 bits per heavy atom. The molecule has 0 radical (unpaired) electrons. The maximum Gasteiger partial charge on any atom is 0.355 e. The number of alkyl halides is 2. The maximum absolute atomic E-state index is 13.6. The molecule has 4 nitrogen and oxygen atoms in total. The van der Waals surface area contributed by atoms with Crippen molar-refractivity contribution >= 4 is 15.7 Å². The van der Waals surface area contributed by atoms with Gasteiger partial charge >= 0.3 is 5.76 Å². The number of hydrogen-bond donors (Lipinski definition) is 2.